The molecule has 2 rings (SSSR count). The van der Waals surface area contributed by atoms with Crippen LogP contribution in [-0.2, 0) is 33.4 Å². The van der Waals surface area contributed by atoms with E-state index in [9.17, 15) is 29.1 Å². The number of carbonyl (C=O) groups excluding carboxylic acids is 5. The molecule has 330 valence electrons. The highest BCUT2D eigenvalue weighted by atomic mass is 16.6. The van der Waals surface area contributed by atoms with Gasteiger partial charge in [-0.2, -0.15) is 0 Å². The quantitative estimate of drug-likeness (QED) is 0.161. The Kier molecular flexibility index (Phi) is 19.6. The van der Waals surface area contributed by atoms with Crippen LogP contribution in [0.5, 0.6) is 0 Å². The van der Waals surface area contributed by atoms with Gasteiger partial charge in [0, 0.05) is 34.9 Å². The van der Waals surface area contributed by atoms with Crippen LogP contribution in [0.3, 0.4) is 0 Å². The van der Waals surface area contributed by atoms with E-state index in [-0.39, 0.29) is 47.9 Å². The zero-order valence-corrected chi connectivity index (χ0v) is 37.9. The molecule has 1 fully saturated rings. The van der Waals surface area contributed by atoms with Crippen molar-refractivity contribution >= 4 is 29.7 Å². The number of aliphatic hydroxyl groups excluding tert-OH is 1. The Bertz CT molecular complexity index is 1490. The van der Waals surface area contributed by atoms with Gasteiger partial charge in [-0.3, -0.25) is 24.1 Å². The number of ether oxygens (including phenoxy) is 3. The maximum Gasteiger partial charge on any atom is 0.410 e. The Morgan fingerprint density at radius 3 is 1.98 bits per heavy atom. The zero-order chi connectivity index (χ0) is 44.2. The molecular formula is C44H75N5O9. The fourth-order valence-electron chi connectivity index (χ4n) is 8.02. The third-order valence-electron chi connectivity index (χ3n) is 11.5. The van der Waals surface area contributed by atoms with Crippen LogP contribution in [0, 0.1) is 23.7 Å². The van der Waals surface area contributed by atoms with Crippen LogP contribution < -0.4 is 10.6 Å². The Morgan fingerprint density at radius 2 is 1.48 bits per heavy atom. The van der Waals surface area contributed by atoms with Crippen molar-refractivity contribution in [2.45, 2.75) is 156 Å². The van der Waals surface area contributed by atoms with Gasteiger partial charge in [-0.1, -0.05) is 85.2 Å². The molecule has 0 radical (unpaired) electrons. The third kappa shape index (κ3) is 13.4. The number of aliphatic hydroxyl groups is 1. The second kappa shape index (κ2) is 22.6. The van der Waals surface area contributed by atoms with Gasteiger partial charge in [-0.05, 0) is 63.9 Å². The molecule has 1 aliphatic heterocycles. The molecule has 0 bridgehead atoms. The van der Waals surface area contributed by atoms with Crippen LogP contribution >= 0.6 is 0 Å². The van der Waals surface area contributed by atoms with E-state index in [1.807, 2.05) is 71.9 Å². The number of nitrogens with one attached hydrogen (secondary N) is 2. The van der Waals surface area contributed by atoms with Gasteiger partial charge >= 0.3 is 6.09 Å². The number of hydrogen-bond donors (Lipinski definition) is 3. The zero-order valence-electron chi connectivity index (χ0n) is 37.9. The second-order valence-electron chi connectivity index (χ2n) is 17.8. The van der Waals surface area contributed by atoms with Crippen molar-refractivity contribution in [2.75, 3.05) is 34.9 Å². The van der Waals surface area contributed by atoms with Gasteiger partial charge in [-0.25, -0.2) is 4.79 Å². The SMILES string of the molecule is CC[C@H](C)[C@@H]([C@@H](CC(=O)N1CCC[C@H]1[C@H](OC)[C@@H](C)C(=O)N[C@H](C)[C@@H](O)c1ccccc1)OC)N(C)C(=O)[C@@H](NC(=O)[C@H](C(C)C)N(C)C(=O)OC(C)(C)C)C(C)C. The number of amides is 5. The van der Waals surface area contributed by atoms with Gasteiger partial charge in [0.1, 0.15) is 17.7 Å². The Morgan fingerprint density at radius 1 is 0.879 bits per heavy atom. The average molecular weight is 818 g/mol. The molecule has 14 nitrogen and oxygen atoms in total. The molecule has 58 heavy (non-hydrogen) atoms. The first-order chi connectivity index (χ1) is 27.0. The molecule has 1 aromatic rings. The number of hydrogen-bond acceptors (Lipinski definition) is 9. The first-order valence-corrected chi connectivity index (χ1v) is 20.9. The molecule has 0 unspecified atom stereocenters. The number of benzene rings is 1. The highest BCUT2D eigenvalue weighted by molar-refractivity contribution is 5.92. The van der Waals surface area contributed by atoms with Crippen LogP contribution in [-0.4, -0.2) is 132 Å². The number of carbonyl (C=O) groups is 5. The molecule has 1 saturated heterocycles. The lowest BCUT2D eigenvalue weighted by Crippen LogP contribution is -2.60. The first kappa shape index (κ1) is 50.4. The highest BCUT2D eigenvalue weighted by Gasteiger charge is 2.44. The molecular weight excluding hydrogens is 743 g/mol. The van der Waals surface area contributed by atoms with Gasteiger partial charge < -0.3 is 39.8 Å². The van der Waals surface area contributed by atoms with Crippen LogP contribution in [0.15, 0.2) is 30.3 Å². The molecule has 0 spiro atoms. The molecule has 14 heteroatoms. The summed E-state index contributed by atoms with van der Waals surface area (Å²) < 4.78 is 17.5. The van der Waals surface area contributed by atoms with E-state index >= 15 is 0 Å². The molecule has 0 aliphatic carbocycles. The van der Waals surface area contributed by atoms with Crippen molar-refractivity contribution in [1.29, 1.82) is 0 Å². The normalized spacial score (nSPS) is 19.3. The molecule has 5 amide bonds. The standard InChI is InChI=1S/C44H75N5O9/c1-16-28(6)37(47(12)42(54)35(26(2)3)46-41(53)36(27(4)5)48(13)43(55)58-44(9,10)11)33(56-14)25-34(50)49-24-20-23-32(49)39(57-15)29(7)40(52)45-30(8)38(51)31-21-18-17-19-22-31/h17-19,21-22,26-30,32-33,35-39,51H,16,20,23-25H2,1-15H3,(H,45,52)(H,46,53)/t28-,29+,30+,32-,33+,35-,36-,37-,38+,39+/m0/s1. The Labute approximate surface area is 348 Å². The minimum atomic E-state index is -0.930. The highest BCUT2D eigenvalue weighted by Crippen LogP contribution is 2.30. The van der Waals surface area contributed by atoms with Crippen molar-refractivity contribution in [3.8, 4) is 0 Å². The second-order valence-corrected chi connectivity index (χ2v) is 17.8. The van der Waals surface area contributed by atoms with Crippen LogP contribution in [0.2, 0.25) is 0 Å². The lowest BCUT2D eigenvalue weighted by Gasteiger charge is -2.41. The van der Waals surface area contributed by atoms with Crippen molar-refractivity contribution in [3.05, 3.63) is 35.9 Å². The number of likely N-dealkylation sites (N-methyl/N-ethyl adjacent to an activating group) is 2. The lowest BCUT2D eigenvalue weighted by atomic mass is 9.89. The van der Waals surface area contributed by atoms with Crippen molar-refractivity contribution in [2.24, 2.45) is 23.7 Å². The maximum absolute atomic E-state index is 14.4. The number of methoxy groups -OCH3 is 2. The number of likely N-dealkylation sites (tertiary alicyclic amines) is 1. The van der Waals surface area contributed by atoms with Crippen molar-refractivity contribution in [3.63, 3.8) is 0 Å². The predicted molar refractivity (Wildman–Crippen MR) is 225 cm³/mol. The van der Waals surface area contributed by atoms with E-state index in [1.165, 1.54) is 26.2 Å². The molecule has 0 aromatic heterocycles. The predicted octanol–water partition coefficient (Wildman–Crippen LogP) is 5.18. The van der Waals surface area contributed by atoms with Gasteiger partial charge in [-0.15, -0.1) is 0 Å². The number of nitrogens with zero attached hydrogens (tertiary/aromatic N) is 3. The smallest absolute Gasteiger partial charge is 0.410 e. The van der Waals surface area contributed by atoms with E-state index in [4.69, 9.17) is 14.2 Å². The molecule has 0 saturated carbocycles. The lowest BCUT2D eigenvalue weighted by molar-refractivity contribution is -0.148. The molecule has 3 N–H and O–H groups in total. The summed E-state index contributed by atoms with van der Waals surface area (Å²) >= 11 is 0. The summed E-state index contributed by atoms with van der Waals surface area (Å²) in [6, 6.07) is 5.85. The summed E-state index contributed by atoms with van der Waals surface area (Å²) in [6.07, 6.45) is -0.794. The molecule has 1 aromatic carbocycles. The topological polar surface area (TPSA) is 167 Å². The van der Waals surface area contributed by atoms with Crippen LogP contribution in [0.1, 0.15) is 114 Å². The molecule has 1 heterocycles. The summed E-state index contributed by atoms with van der Waals surface area (Å²) in [5.74, 6) is -2.58. The summed E-state index contributed by atoms with van der Waals surface area (Å²) in [5, 5.41) is 16.7. The van der Waals surface area contributed by atoms with Crippen LogP contribution in [0.4, 0.5) is 4.79 Å². The van der Waals surface area contributed by atoms with E-state index in [0.717, 1.165) is 6.42 Å². The van der Waals surface area contributed by atoms with E-state index < -0.39 is 66.0 Å². The van der Waals surface area contributed by atoms with E-state index in [2.05, 4.69) is 10.6 Å². The minimum Gasteiger partial charge on any atom is -0.444 e. The summed E-state index contributed by atoms with van der Waals surface area (Å²) in [7, 11) is 6.27. The number of rotatable bonds is 20. The van der Waals surface area contributed by atoms with Crippen LogP contribution in [0.25, 0.3) is 0 Å². The Hall–Kier alpha value is -3.75. The fraction of sp³-hybridized carbons (Fsp3) is 0.750. The third-order valence-corrected chi connectivity index (χ3v) is 11.5. The van der Waals surface area contributed by atoms with Gasteiger partial charge in [0.25, 0.3) is 0 Å². The largest absolute Gasteiger partial charge is 0.444 e. The fourth-order valence-corrected chi connectivity index (χ4v) is 8.02. The van der Waals surface area contributed by atoms with Crippen molar-refractivity contribution < 1.29 is 43.3 Å². The molecule has 10 atom stereocenters. The van der Waals surface area contributed by atoms with Crippen molar-refractivity contribution in [1.82, 2.24) is 25.3 Å². The van der Waals surface area contributed by atoms with E-state index in [0.29, 0.717) is 24.9 Å². The minimum absolute atomic E-state index is 0.0221. The van der Waals surface area contributed by atoms with Gasteiger partial charge in [0.15, 0.2) is 0 Å². The van der Waals surface area contributed by atoms with Gasteiger partial charge in [0.2, 0.25) is 23.6 Å². The summed E-state index contributed by atoms with van der Waals surface area (Å²) in [4.78, 5) is 73.7. The first-order valence-electron chi connectivity index (χ1n) is 20.9. The summed E-state index contributed by atoms with van der Waals surface area (Å²) in [5.41, 5.74) is -0.0580. The van der Waals surface area contributed by atoms with Gasteiger partial charge in [0.05, 0.1) is 48.8 Å². The van der Waals surface area contributed by atoms with E-state index in [1.54, 1.807) is 51.5 Å². The average Bonchev–Trinajstić information content (AvgIpc) is 3.65. The Balaban J connectivity index is 2.28. The molecule has 1 aliphatic rings. The maximum atomic E-state index is 14.4. The summed E-state index contributed by atoms with van der Waals surface area (Å²) in [6.45, 7) is 20.6. The monoisotopic (exact) mass is 818 g/mol.